The highest BCUT2D eigenvalue weighted by Gasteiger charge is 2.21. The standard InChI is InChI=1S/C23H29N3/c1-16(2)21-14-22(18(4)13-17(21)3)25-20-9-11-26(12-10-20)23-8-6-5-7-19(23)15-24/h5-8,13-14,16,20,25H,9-12H2,1-4H3. The van der Waals surface area contributed by atoms with E-state index in [0.717, 1.165) is 37.2 Å². The minimum atomic E-state index is 0.488. The van der Waals surface area contributed by atoms with Crippen LogP contribution in [-0.4, -0.2) is 19.1 Å². The number of hydrogen-bond donors (Lipinski definition) is 1. The van der Waals surface area contributed by atoms with Crippen LogP contribution in [0.25, 0.3) is 0 Å². The van der Waals surface area contributed by atoms with Crippen molar-refractivity contribution < 1.29 is 0 Å². The molecule has 0 atom stereocenters. The zero-order valence-corrected chi connectivity index (χ0v) is 16.3. The minimum Gasteiger partial charge on any atom is -0.382 e. The quantitative estimate of drug-likeness (QED) is 0.807. The lowest BCUT2D eigenvalue weighted by molar-refractivity contribution is 0.526. The fourth-order valence-electron chi connectivity index (χ4n) is 3.98. The van der Waals surface area contributed by atoms with Gasteiger partial charge in [0, 0.05) is 24.8 Å². The maximum Gasteiger partial charge on any atom is 0.101 e. The molecule has 0 bridgehead atoms. The zero-order valence-electron chi connectivity index (χ0n) is 16.3. The van der Waals surface area contributed by atoms with Crippen molar-refractivity contribution in [3.63, 3.8) is 0 Å². The fraction of sp³-hybridized carbons (Fsp3) is 0.435. The predicted octanol–water partition coefficient (Wildman–Crippen LogP) is 5.38. The lowest BCUT2D eigenvalue weighted by atomic mass is 9.94. The Morgan fingerprint density at radius 2 is 1.77 bits per heavy atom. The average Bonchev–Trinajstić information content (AvgIpc) is 2.64. The molecule has 0 saturated carbocycles. The summed E-state index contributed by atoms with van der Waals surface area (Å²) < 4.78 is 0. The van der Waals surface area contributed by atoms with Crippen LogP contribution < -0.4 is 10.2 Å². The van der Waals surface area contributed by atoms with Gasteiger partial charge in [-0.15, -0.1) is 0 Å². The highest BCUT2D eigenvalue weighted by molar-refractivity contribution is 5.60. The van der Waals surface area contributed by atoms with Crippen molar-refractivity contribution in [3.05, 3.63) is 58.7 Å². The Morgan fingerprint density at radius 1 is 1.08 bits per heavy atom. The normalized spacial score (nSPS) is 15.2. The molecule has 2 aromatic carbocycles. The average molecular weight is 348 g/mol. The van der Waals surface area contributed by atoms with Crippen molar-refractivity contribution in [2.45, 2.75) is 52.5 Å². The molecular formula is C23H29N3. The van der Waals surface area contributed by atoms with Crippen LogP contribution in [0, 0.1) is 25.2 Å². The summed E-state index contributed by atoms with van der Waals surface area (Å²) in [5, 5.41) is 13.1. The number of nitrogens with zero attached hydrogens (tertiary/aromatic N) is 2. The second-order valence-electron chi connectivity index (χ2n) is 7.71. The summed E-state index contributed by atoms with van der Waals surface area (Å²) in [7, 11) is 0. The van der Waals surface area contributed by atoms with E-state index in [1.165, 1.54) is 22.4 Å². The van der Waals surface area contributed by atoms with Crippen LogP contribution in [0.5, 0.6) is 0 Å². The van der Waals surface area contributed by atoms with E-state index in [2.05, 4.69) is 62.2 Å². The Bertz CT molecular complexity index is 809. The van der Waals surface area contributed by atoms with Crippen molar-refractivity contribution in [2.24, 2.45) is 0 Å². The molecule has 2 aromatic rings. The number of para-hydroxylation sites is 1. The molecule has 1 aliphatic heterocycles. The number of hydrogen-bond acceptors (Lipinski definition) is 3. The maximum absolute atomic E-state index is 9.33. The molecule has 3 heteroatoms. The number of anilines is 2. The van der Waals surface area contributed by atoms with Crippen LogP contribution in [-0.2, 0) is 0 Å². The van der Waals surface area contributed by atoms with Crippen LogP contribution in [0.15, 0.2) is 36.4 Å². The van der Waals surface area contributed by atoms with E-state index in [4.69, 9.17) is 0 Å². The van der Waals surface area contributed by atoms with Gasteiger partial charge in [0.25, 0.3) is 0 Å². The summed E-state index contributed by atoms with van der Waals surface area (Å²) in [5.41, 5.74) is 7.25. The van der Waals surface area contributed by atoms with Crippen LogP contribution in [0.4, 0.5) is 11.4 Å². The molecule has 26 heavy (non-hydrogen) atoms. The number of piperidine rings is 1. The molecule has 3 rings (SSSR count). The Balaban J connectivity index is 1.68. The van der Waals surface area contributed by atoms with Crippen LogP contribution in [0.2, 0.25) is 0 Å². The molecule has 3 nitrogen and oxygen atoms in total. The van der Waals surface area contributed by atoms with Crippen molar-refractivity contribution in [1.82, 2.24) is 0 Å². The van der Waals surface area contributed by atoms with Crippen LogP contribution >= 0.6 is 0 Å². The van der Waals surface area contributed by atoms with Gasteiger partial charge in [0.15, 0.2) is 0 Å². The molecule has 0 unspecified atom stereocenters. The molecule has 0 aliphatic carbocycles. The van der Waals surface area contributed by atoms with Crippen LogP contribution in [0.1, 0.15) is 54.9 Å². The van der Waals surface area contributed by atoms with E-state index in [1.807, 2.05) is 18.2 Å². The minimum absolute atomic E-state index is 0.488. The van der Waals surface area contributed by atoms with Crippen molar-refractivity contribution in [2.75, 3.05) is 23.3 Å². The number of nitrogens with one attached hydrogen (secondary N) is 1. The van der Waals surface area contributed by atoms with Gasteiger partial charge in [0.2, 0.25) is 0 Å². The lowest BCUT2D eigenvalue weighted by Gasteiger charge is -2.35. The van der Waals surface area contributed by atoms with Gasteiger partial charge in [0.1, 0.15) is 6.07 Å². The number of rotatable bonds is 4. The van der Waals surface area contributed by atoms with Gasteiger partial charge in [-0.25, -0.2) is 0 Å². The first kappa shape index (κ1) is 18.3. The Hall–Kier alpha value is -2.47. The number of aryl methyl sites for hydroxylation is 2. The molecule has 0 radical (unpaired) electrons. The first-order chi connectivity index (χ1) is 12.5. The molecule has 1 fully saturated rings. The van der Waals surface area contributed by atoms with E-state index < -0.39 is 0 Å². The Kier molecular flexibility index (Phi) is 5.52. The largest absolute Gasteiger partial charge is 0.382 e. The molecule has 0 amide bonds. The second-order valence-corrected chi connectivity index (χ2v) is 7.71. The third-order valence-corrected chi connectivity index (χ3v) is 5.45. The Labute approximate surface area is 157 Å². The van der Waals surface area contributed by atoms with Gasteiger partial charge >= 0.3 is 0 Å². The third-order valence-electron chi connectivity index (χ3n) is 5.45. The summed E-state index contributed by atoms with van der Waals surface area (Å²) in [6.07, 6.45) is 2.17. The van der Waals surface area contributed by atoms with E-state index in [0.29, 0.717) is 12.0 Å². The third kappa shape index (κ3) is 3.85. The van der Waals surface area contributed by atoms with Gasteiger partial charge in [-0.2, -0.15) is 5.26 Å². The molecule has 1 N–H and O–H groups in total. The Morgan fingerprint density at radius 3 is 2.42 bits per heavy atom. The van der Waals surface area contributed by atoms with Gasteiger partial charge in [-0.05, 0) is 67.5 Å². The van der Waals surface area contributed by atoms with E-state index in [9.17, 15) is 5.26 Å². The summed E-state index contributed by atoms with van der Waals surface area (Å²) in [6, 6.07) is 15.4. The molecule has 1 aliphatic rings. The topological polar surface area (TPSA) is 39.1 Å². The van der Waals surface area contributed by atoms with E-state index in [1.54, 1.807) is 0 Å². The lowest BCUT2D eigenvalue weighted by Crippen LogP contribution is -2.39. The molecular weight excluding hydrogens is 318 g/mol. The van der Waals surface area contributed by atoms with Crippen molar-refractivity contribution in [1.29, 1.82) is 5.26 Å². The molecule has 1 saturated heterocycles. The monoisotopic (exact) mass is 347 g/mol. The van der Waals surface area contributed by atoms with E-state index >= 15 is 0 Å². The van der Waals surface area contributed by atoms with Gasteiger partial charge < -0.3 is 10.2 Å². The summed E-state index contributed by atoms with van der Waals surface area (Å²) in [5.74, 6) is 0.542. The molecule has 0 spiro atoms. The van der Waals surface area contributed by atoms with Crippen molar-refractivity contribution in [3.8, 4) is 6.07 Å². The smallest absolute Gasteiger partial charge is 0.101 e. The first-order valence-corrected chi connectivity index (χ1v) is 9.61. The number of nitriles is 1. The highest BCUT2D eigenvalue weighted by Crippen LogP contribution is 2.29. The van der Waals surface area contributed by atoms with Crippen LogP contribution in [0.3, 0.4) is 0 Å². The van der Waals surface area contributed by atoms with Gasteiger partial charge in [-0.1, -0.05) is 32.0 Å². The fourth-order valence-corrected chi connectivity index (χ4v) is 3.98. The molecule has 1 heterocycles. The number of benzene rings is 2. The first-order valence-electron chi connectivity index (χ1n) is 9.61. The molecule has 0 aromatic heterocycles. The summed E-state index contributed by atoms with van der Waals surface area (Å²) in [6.45, 7) is 10.9. The second kappa shape index (κ2) is 7.83. The predicted molar refractivity (Wildman–Crippen MR) is 110 cm³/mol. The van der Waals surface area contributed by atoms with Gasteiger partial charge in [-0.3, -0.25) is 0 Å². The maximum atomic E-state index is 9.33. The summed E-state index contributed by atoms with van der Waals surface area (Å²) >= 11 is 0. The molecule has 136 valence electrons. The van der Waals surface area contributed by atoms with Crippen molar-refractivity contribution >= 4 is 11.4 Å². The zero-order chi connectivity index (χ0) is 18.7. The van der Waals surface area contributed by atoms with Gasteiger partial charge in [0.05, 0.1) is 11.3 Å². The highest BCUT2D eigenvalue weighted by atomic mass is 15.1. The summed E-state index contributed by atoms with van der Waals surface area (Å²) in [4.78, 5) is 2.35. The van der Waals surface area contributed by atoms with E-state index in [-0.39, 0.29) is 0 Å². The SMILES string of the molecule is Cc1cc(C)c(C(C)C)cc1NC1CCN(c2ccccc2C#N)CC1.